The maximum absolute atomic E-state index is 12.8. The van der Waals surface area contributed by atoms with Crippen molar-refractivity contribution in [3.05, 3.63) is 24.3 Å². The highest BCUT2D eigenvalue weighted by Crippen LogP contribution is 2.43. The van der Waals surface area contributed by atoms with Gasteiger partial charge in [-0.05, 0) is 51.4 Å². The number of phosphoric ester groups is 1. The summed E-state index contributed by atoms with van der Waals surface area (Å²) in [5, 5.41) is 49.6. The number of ether oxygens (including phenoxy) is 2. The molecule has 0 aromatic rings. The molecular weight excluding hydrogens is 759 g/mol. The van der Waals surface area contributed by atoms with Crippen molar-refractivity contribution in [3.63, 3.8) is 0 Å². The molecule has 14 nitrogen and oxygen atoms in total. The molecule has 1 aliphatic rings. The fraction of sp³-hybridized carbons (Fsp3) is 0.833. The second-order valence-electron chi connectivity index (χ2n) is 15.3. The zero-order valence-electron chi connectivity index (χ0n) is 34.6. The Balaban J connectivity index is 2.51. The summed E-state index contributed by atoms with van der Waals surface area (Å²) in [5.41, 5.74) is 0. The molecule has 8 atom stereocenters. The molecule has 1 aliphatic carbocycles. The number of phosphoric acid groups is 1. The molecule has 1 rings (SSSR count). The molecule has 0 spiro atoms. The number of hydrogen-bond donors (Lipinski definition) is 6. The van der Waals surface area contributed by atoms with Gasteiger partial charge in [-0.25, -0.2) is 4.57 Å². The van der Waals surface area contributed by atoms with Crippen LogP contribution in [0, 0.1) is 11.8 Å². The lowest BCUT2D eigenvalue weighted by atomic mass is 9.87. The van der Waals surface area contributed by atoms with Crippen molar-refractivity contribution in [2.75, 3.05) is 26.4 Å². The smallest absolute Gasteiger partial charge is 0.462 e. The van der Waals surface area contributed by atoms with Gasteiger partial charge in [-0.3, -0.25) is 23.4 Å². The van der Waals surface area contributed by atoms with Crippen LogP contribution < -0.4 is 0 Å². The van der Waals surface area contributed by atoms with Gasteiger partial charge in [-0.15, -0.1) is 0 Å². The van der Waals surface area contributed by atoms with Crippen LogP contribution in [0.5, 0.6) is 0 Å². The average Bonchev–Trinajstić information content (AvgIpc) is 3.44. The zero-order valence-corrected chi connectivity index (χ0v) is 35.5. The summed E-state index contributed by atoms with van der Waals surface area (Å²) in [5.74, 6) is -2.26. The van der Waals surface area contributed by atoms with Crippen LogP contribution in [0.25, 0.3) is 0 Å². The van der Waals surface area contributed by atoms with E-state index in [-0.39, 0.29) is 37.9 Å². The number of rotatable bonds is 36. The van der Waals surface area contributed by atoms with E-state index in [2.05, 4.69) is 30.5 Å². The van der Waals surface area contributed by atoms with E-state index in [0.717, 1.165) is 57.8 Å². The Morgan fingerprint density at radius 1 is 0.737 bits per heavy atom. The Morgan fingerprint density at radius 3 is 2.00 bits per heavy atom. The SMILES string of the molecule is CCCCCC/C=C\CCCCCCCC(=O)O[C@H](COC(=O)CCCCC(=O)C[C@@H]1[C@@H](/C=C/[C@@H](O)CCCCC)[C@H](O)C[C@@H]1O)COP(=O)(O)OC[C@@H](O)CO. The van der Waals surface area contributed by atoms with E-state index < -0.39 is 88.5 Å². The highest BCUT2D eigenvalue weighted by Gasteiger charge is 2.41. The van der Waals surface area contributed by atoms with Crippen molar-refractivity contribution in [1.29, 1.82) is 0 Å². The molecule has 332 valence electrons. The molecule has 0 bridgehead atoms. The van der Waals surface area contributed by atoms with Crippen LogP contribution in [0.15, 0.2) is 24.3 Å². The van der Waals surface area contributed by atoms with Gasteiger partial charge in [-0.2, -0.15) is 0 Å². The molecule has 15 heteroatoms. The molecule has 0 amide bonds. The monoisotopic (exact) mass is 834 g/mol. The van der Waals surface area contributed by atoms with Crippen molar-refractivity contribution in [2.45, 2.75) is 186 Å². The molecule has 1 fully saturated rings. The van der Waals surface area contributed by atoms with E-state index in [1.807, 2.05) is 0 Å². The number of carbonyl (C=O) groups is 3. The third kappa shape index (κ3) is 27.4. The first kappa shape index (κ1) is 53.0. The topological polar surface area (TPSA) is 227 Å². The highest BCUT2D eigenvalue weighted by atomic mass is 31.2. The fourth-order valence-electron chi connectivity index (χ4n) is 6.63. The number of unbranched alkanes of at least 4 members (excludes halogenated alkanes) is 12. The zero-order chi connectivity index (χ0) is 42.3. The van der Waals surface area contributed by atoms with Gasteiger partial charge < -0.3 is 39.9 Å². The Bertz CT molecular complexity index is 1180. The van der Waals surface area contributed by atoms with Gasteiger partial charge in [0.15, 0.2) is 6.10 Å². The minimum atomic E-state index is -4.71. The summed E-state index contributed by atoms with van der Waals surface area (Å²) in [6, 6.07) is 0. The quantitative estimate of drug-likeness (QED) is 0.0170. The predicted octanol–water partition coefficient (Wildman–Crippen LogP) is 6.56. The van der Waals surface area contributed by atoms with Crippen molar-refractivity contribution < 1.29 is 67.9 Å². The minimum absolute atomic E-state index is 0.0454. The molecule has 0 aliphatic heterocycles. The molecular formula is C42H75O14P. The third-order valence-corrected chi connectivity index (χ3v) is 11.0. The van der Waals surface area contributed by atoms with Gasteiger partial charge in [0.25, 0.3) is 0 Å². The van der Waals surface area contributed by atoms with E-state index in [9.17, 15) is 44.3 Å². The number of hydrogen-bond acceptors (Lipinski definition) is 13. The standard InChI is InChI=1S/C42H75O14P/c1-3-5-7-8-9-10-11-12-13-14-15-16-18-24-42(50)56-36(32-55-57(51,52)54-30-35(46)29-43)31-53-41(49)23-20-19-22-34(45)27-38-37(39(47)28-40(38)48)26-25-33(44)21-17-6-4-2/h10-11,25-26,33,35-40,43-44,46-48H,3-9,12-24,27-32H2,1-2H3,(H,51,52)/b11-10-,26-25+/t33-,35-,36+,37+,38+,39+,40-/m0/s1. The van der Waals surface area contributed by atoms with Crippen molar-refractivity contribution in [3.8, 4) is 0 Å². The Labute approximate surface area is 341 Å². The van der Waals surface area contributed by atoms with E-state index in [4.69, 9.17) is 19.1 Å². The van der Waals surface area contributed by atoms with Crippen molar-refractivity contribution in [2.24, 2.45) is 11.8 Å². The molecule has 57 heavy (non-hydrogen) atoms. The molecule has 1 unspecified atom stereocenters. The van der Waals surface area contributed by atoms with Crippen LogP contribution in [0.3, 0.4) is 0 Å². The van der Waals surface area contributed by atoms with Gasteiger partial charge in [-0.1, -0.05) is 95.9 Å². The molecule has 0 radical (unpaired) electrons. The molecule has 6 N–H and O–H groups in total. The lowest BCUT2D eigenvalue weighted by molar-refractivity contribution is -0.161. The Hall–Kier alpha value is -2.00. The van der Waals surface area contributed by atoms with Crippen LogP contribution in [-0.2, 0) is 37.5 Å². The van der Waals surface area contributed by atoms with Crippen LogP contribution in [0.1, 0.15) is 155 Å². The number of ketones is 1. The number of aliphatic hydroxyl groups is 5. The maximum atomic E-state index is 12.8. The van der Waals surface area contributed by atoms with Gasteiger partial charge >= 0.3 is 19.8 Å². The van der Waals surface area contributed by atoms with Gasteiger partial charge in [0.05, 0.1) is 38.1 Å². The van der Waals surface area contributed by atoms with Crippen LogP contribution in [0.2, 0.25) is 0 Å². The van der Waals surface area contributed by atoms with Gasteiger partial charge in [0, 0.05) is 43.9 Å². The molecule has 0 heterocycles. The largest absolute Gasteiger partial charge is 0.472 e. The summed E-state index contributed by atoms with van der Waals surface area (Å²) in [6.07, 6.45) is 19.2. The van der Waals surface area contributed by atoms with Crippen LogP contribution in [0.4, 0.5) is 0 Å². The summed E-state index contributed by atoms with van der Waals surface area (Å²) in [7, 11) is -4.71. The van der Waals surface area contributed by atoms with Gasteiger partial charge in [0.1, 0.15) is 18.5 Å². The van der Waals surface area contributed by atoms with E-state index in [1.54, 1.807) is 12.2 Å². The van der Waals surface area contributed by atoms with E-state index in [1.165, 1.54) is 25.7 Å². The maximum Gasteiger partial charge on any atom is 0.472 e. The molecule has 0 aromatic heterocycles. The Kier molecular flexibility index (Phi) is 30.5. The van der Waals surface area contributed by atoms with Crippen molar-refractivity contribution in [1.82, 2.24) is 0 Å². The summed E-state index contributed by atoms with van der Waals surface area (Å²) in [6.45, 7) is 1.81. The third-order valence-electron chi connectivity index (χ3n) is 10.1. The molecule has 0 saturated heterocycles. The van der Waals surface area contributed by atoms with Crippen LogP contribution in [-0.4, -0.2) is 105 Å². The number of allylic oxidation sites excluding steroid dienone is 2. The summed E-state index contributed by atoms with van der Waals surface area (Å²) < 4.78 is 32.5. The normalized spacial score (nSPS) is 21.1. The van der Waals surface area contributed by atoms with Crippen molar-refractivity contribution >= 4 is 25.5 Å². The number of esters is 2. The minimum Gasteiger partial charge on any atom is -0.462 e. The Morgan fingerprint density at radius 2 is 1.32 bits per heavy atom. The predicted molar refractivity (Wildman–Crippen MR) is 217 cm³/mol. The second-order valence-corrected chi connectivity index (χ2v) is 16.8. The summed E-state index contributed by atoms with van der Waals surface area (Å²) >= 11 is 0. The number of carbonyl (C=O) groups excluding carboxylic acids is 3. The lowest BCUT2D eigenvalue weighted by Gasteiger charge is -2.20. The van der Waals surface area contributed by atoms with E-state index in [0.29, 0.717) is 25.7 Å². The second kappa shape index (κ2) is 32.8. The molecule has 0 aromatic carbocycles. The highest BCUT2D eigenvalue weighted by molar-refractivity contribution is 7.47. The number of Topliss-reactive ketones (excluding diaryl/α,β-unsaturated/α-hetero) is 1. The number of aliphatic hydroxyl groups excluding tert-OH is 5. The average molecular weight is 835 g/mol. The van der Waals surface area contributed by atoms with Gasteiger partial charge in [0.2, 0.25) is 0 Å². The molecule has 1 saturated carbocycles. The lowest BCUT2D eigenvalue weighted by Crippen LogP contribution is -2.29. The van der Waals surface area contributed by atoms with Crippen LogP contribution >= 0.6 is 7.82 Å². The fourth-order valence-corrected chi connectivity index (χ4v) is 7.42. The first-order valence-electron chi connectivity index (χ1n) is 21.5. The first-order chi connectivity index (χ1) is 27.3. The van der Waals surface area contributed by atoms with E-state index >= 15 is 0 Å². The summed E-state index contributed by atoms with van der Waals surface area (Å²) in [4.78, 5) is 47.9. The first-order valence-corrected chi connectivity index (χ1v) is 23.0.